The molecule has 2 N–H and O–H groups in total. The van der Waals surface area contributed by atoms with Crippen LogP contribution in [0.1, 0.15) is 32.6 Å². The second kappa shape index (κ2) is 14.9. The van der Waals surface area contributed by atoms with E-state index in [1.54, 1.807) is 14.2 Å². The molecule has 1 aromatic carbocycles. The summed E-state index contributed by atoms with van der Waals surface area (Å²) in [6.07, 6.45) is 4.70. The van der Waals surface area contributed by atoms with E-state index in [0.29, 0.717) is 13.2 Å². The lowest BCUT2D eigenvalue weighted by Gasteiger charge is -2.31. The molecule has 0 unspecified atom stereocenters. The number of hydrogen-bond donors (Lipinski definition) is 2. The van der Waals surface area contributed by atoms with Crippen molar-refractivity contribution in [1.82, 2.24) is 10.2 Å². The maximum Gasteiger partial charge on any atom is 0.195 e. The van der Waals surface area contributed by atoms with Gasteiger partial charge in [-0.05, 0) is 56.9 Å². The van der Waals surface area contributed by atoms with Crippen molar-refractivity contribution in [2.24, 2.45) is 10.9 Å². The summed E-state index contributed by atoms with van der Waals surface area (Å²) in [5.74, 6) is 2.48. The van der Waals surface area contributed by atoms with Crippen molar-refractivity contribution in [3.8, 4) is 5.75 Å². The summed E-state index contributed by atoms with van der Waals surface area (Å²) in [5.41, 5.74) is 0.976. The molecular formula is C21H37IN4O2. The zero-order valence-electron chi connectivity index (χ0n) is 17.6. The molecule has 7 heteroatoms. The van der Waals surface area contributed by atoms with E-state index in [4.69, 9.17) is 9.47 Å². The van der Waals surface area contributed by atoms with Crippen LogP contribution in [0.15, 0.2) is 29.3 Å². The van der Waals surface area contributed by atoms with Gasteiger partial charge in [0.2, 0.25) is 0 Å². The molecular weight excluding hydrogens is 467 g/mol. The van der Waals surface area contributed by atoms with E-state index in [-0.39, 0.29) is 24.0 Å². The Morgan fingerprint density at radius 3 is 2.71 bits per heavy atom. The molecule has 0 saturated carbocycles. The number of piperidine rings is 1. The highest BCUT2D eigenvalue weighted by molar-refractivity contribution is 14.0. The van der Waals surface area contributed by atoms with Crippen LogP contribution < -0.4 is 15.4 Å². The molecule has 1 heterocycles. The molecule has 0 amide bonds. The van der Waals surface area contributed by atoms with Gasteiger partial charge in [-0.3, -0.25) is 4.99 Å². The molecule has 6 nitrogen and oxygen atoms in total. The first-order valence-electron chi connectivity index (χ1n) is 10.2. The number of halogens is 1. The van der Waals surface area contributed by atoms with E-state index in [0.717, 1.165) is 36.3 Å². The normalized spacial score (nSPS) is 15.8. The van der Waals surface area contributed by atoms with Crippen LogP contribution in [-0.2, 0) is 4.74 Å². The van der Waals surface area contributed by atoms with E-state index in [9.17, 15) is 0 Å². The number of nitrogens with one attached hydrogen (secondary N) is 2. The molecule has 0 radical (unpaired) electrons. The standard InChI is InChI=1S/C21H36N4O2.HI/c1-4-25-13-10-18(11-14-25)9-12-23-21(22-2)24-19-7-5-8-20(17-19)27-16-6-15-26-3;/h5,7-8,17-18H,4,6,9-16H2,1-3H3,(H2,22,23,24);1H. The van der Waals surface area contributed by atoms with Crippen LogP contribution in [0, 0.1) is 5.92 Å². The average molecular weight is 504 g/mol. The lowest BCUT2D eigenvalue weighted by molar-refractivity contribution is 0.172. The Bertz CT molecular complexity index is 563. The first-order valence-corrected chi connectivity index (χ1v) is 10.2. The lowest BCUT2D eigenvalue weighted by Crippen LogP contribution is -2.36. The van der Waals surface area contributed by atoms with Crippen LogP contribution in [0.5, 0.6) is 5.75 Å². The Hall–Kier alpha value is -1.06. The van der Waals surface area contributed by atoms with E-state index in [1.807, 2.05) is 24.3 Å². The molecule has 0 bridgehead atoms. The predicted octanol–water partition coefficient (Wildman–Crippen LogP) is 3.83. The highest BCUT2D eigenvalue weighted by Crippen LogP contribution is 2.20. The van der Waals surface area contributed by atoms with Gasteiger partial charge in [0.05, 0.1) is 6.61 Å². The molecule has 160 valence electrons. The number of methoxy groups -OCH3 is 1. The van der Waals surface area contributed by atoms with Crippen molar-refractivity contribution >= 4 is 35.6 Å². The Balaban J connectivity index is 0.00000392. The van der Waals surface area contributed by atoms with Gasteiger partial charge in [-0.15, -0.1) is 24.0 Å². The second-order valence-corrected chi connectivity index (χ2v) is 7.01. The highest BCUT2D eigenvalue weighted by Gasteiger charge is 2.17. The number of aliphatic imine (C=N–C) groups is 1. The summed E-state index contributed by atoms with van der Waals surface area (Å²) < 4.78 is 10.8. The van der Waals surface area contributed by atoms with Crippen LogP contribution in [0.2, 0.25) is 0 Å². The molecule has 28 heavy (non-hydrogen) atoms. The SMILES string of the molecule is CCN1CCC(CCNC(=NC)Nc2cccc(OCCCOC)c2)CC1.I. The zero-order valence-corrected chi connectivity index (χ0v) is 19.9. The van der Waals surface area contributed by atoms with Gasteiger partial charge >= 0.3 is 0 Å². The molecule has 1 aliphatic heterocycles. The zero-order chi connectivity index (χ0) is 19.3. The van der Waals surface area contributed by atoms with Gasteiger partial charge in [-0.2, -0.15) is 0 Å². The second-order valence-electron chi connectivity index (χ2n) is 7.01. The number of rotatable bonds is 10. The molecule has 0 aromatic heterocycles. The number of ether oxygens (including phenoxy) is 2. The third kappa shape index (κ3) is 9.43. The van der Waals surface area contributed by atoms with Crippen molar-refractivity contribution in [3.05, 3.63) is 24.3 Å². The summed E-state index contributed by atoms with van der Waals surface area (Å²) >= 11 is 0. The van der Waals surface area contributed by atoms with E-state index >= 15 is 0 Å². The van der Waals surface area contributed by atoms with Gasteiger partial charge in [-0.25, -0.2) is 0 Å². The number of nitrogens with zero attached hydrogens (tertiary/aromatic N) is 2. The fourth-order valence-corrected chi connectivity index (χ4v) is 3.36. The summed E-state index contributed by atoms with van der Waals surface area (Å²) in [6, 6.07) is 7.98. The maximum atomic E-state index is 5.76. The van der Waals surface area contributed by atoms with Crippen molar-refractivity contribution in [2.75, 3.05) is 58.9 Å². The van der Waals surface area contributed by atoms with E-state index < -0.39 is 0 Å². The van der Waals surface area contributed by atoms with E-state index in [2.05, 4.69) is 27.4 Å². The largest absolute Gasteiger partial charge is 0.493 e. The van der Waals surface area contributed by atoms with Gasteiger partial charge in [-0.1, -0.05) is 13.0 Å². The smallest absolute Gasteiger partial charge is 0.195 e. The van der Waals surface area contributed by atoms with Gasteiger partial charge in [0.1, 0.15) is 5.75 Å². The lowest BCUT2D eigenvalue weighted by atomic mass is 9.93. The first-order chi connectivity index (χ1) is 13.2. The monoisotopic (exact) mass is 504 g/mol. The molecule has 0 atom stereocenters. The third-order valence-corrected chi connectivity index (χ3v) is 5.08. The van der Waals surface area contributed by atoms with Crippen LogP contribution >= 0.6 is 24.0 Å². The van der Waals surface area contributed by atoms with Gasteiger partial charge in [0.15, 0.2) is 5.96 Å². The molecule has 0 aliphatic carbocycles. The molecule has 1 fully saturated rings. The molecule has 1 aliphatic rings. The molecule has 1 aromatic rings. The highest BCUT2D eigenvalue weighted by atomic mass is 127. The maximum absolute atomic E-state index is 5.76. The van der Waals surface area contributed by atoms with Crippen molar-refractivity contribution in [1.29, 1.82) is 0 Å². The van der Waals surface area contributed by atoms with Gasteiger partial charge < -0.3 is 25.0 Å². The third-order valence-electron chi connectivity index (χ3n) is 5.08. The Morgan fingerprint density at radius 1 is 1.25 bits per heavy atom. The predicted molar refractivity (Wildman–Crippen MR) is 128 cm³/mol. The van der Waals surface area contributed by atoms with Crippen LogP contribution in [0.25, 0.3) is 0 Å². The number of anilines is 1. The average Bonchev–Trinajstić information content (AvgIpc) is 2.71. The fourth-order valence-electron chi connectivity index (χ4n) is 3.36. The Labute approximate surface area is 187 Å². The molecule has 0 spiro atoms. The van der Waals surface area contributed by atoms with Crippen molar-refractivity contribution in [3.63, 3.8) is 0 Å². The fraction of sp³-hybridized carbons (Fsp3) is 0.667. The minimum absolute atomic E-state index is 0. The molecule has 1 saturated heterocycles. The summed E-state index contributed by atoms with van der Waals surface area (Å²) in [6.45, 7) is 8.22. The van der Waals surface area contributed by atoms with Crippen LogP contribution in [0.3, 0.4) is 0 Å². The van der Waals surface area contributed by atoms with Gasteiger partial charge in [0.25, 0.3) is 0 Å². The number of benzene rings is 1. The summed E-state index contributed by atoms with van der Waals surface area (Å²) in [5, 5.41) is 6.79. The number of guanidine groups is 1. The summed E-state index contributed by atoms with van der Waals surface area (Å²) in [7, 11) is 3.51. The Morgan fingerprint density at radius 2 is 2.04 bits per heavy atom. The minimum Gasteiger partial charge on any atom is -0.493 e. The quantitative estimate of drug-likeness (QED) is 0.220. The number of hydrogen-bond acceptors (Lipinski definition) is 4. The van der Waals surface area contributed by atoms with Crippen LogP contribution in [-0.4, -0.2) is 64.4 Å². The minimum atomic E-state index is 0. The van der Waals surface area contributed by atoms with Crippen LogP contribution in [0.4, 0.5) is 5.69 Å². The first kappa shape index (κ1) is 25.0. The van der Waals surface area contributed by atoms with Crippen molar-refractivity contribution < 1.29 is 9.47 Å². The van der Waals surface area contributed by atoms with Crippen molar-refractivity contribution in [2.45, 2.75) is 32.6 Å². The Kier molecular flexibility index (Phi) is 13.3. The topological polar surface area (TPSA) is 58.1 Å². The van der Waals surface area contributed by atoms with Gasteiger partial charge in [0, 0.05) is 45.5 Å². The number of likely N-dealkylation sites (tertiary alicyclic amines) is 1. The summed E-state index contributed by atoms with van der Waals surface area (Å²) in [4.78, 5) is 6.87. The molecule has 2 rings (SSSR count). The van der Waals surface area contributed by atoms with E-state index in [1.165, 1.54) is 38.9 Å².